The number of carbonyl (C=O) groups excluding carboxylic acids is 1. The highest BCUT2D eigenvalue weighted by molar-refractivity contribution is 7.11. The van der Waals surface area contributed by atoms with E-state index in [1.165, 1.54) is 17.4 Å². The van der Waals surface area contributed by atoms with Crippen molar-refractivity contribution in [3.8, 4) is 0 Å². The van der Waals surface area contributed by atoms with Crippen LogP contribution >= 0.6 is 11.3 Å². The Bertz CT molecular complexity index is 435. The van der Waals surface area contributed by atoms with E-state index >= 15 is 0 Å². The van der Waals surface area contributed by atoms with Crippen LogP contribution in [-0.2, 0) is 9.59 Å². The van der Waals surface area contributed by atoms with E-state index in [1.54, 1.807) is 5.38 Å². The fourth-order valence-corrected chi connectivity index (χ4v) is 2.47. The lowest BCUT2D eigenvalue weighted by molar-refractivity contribution is -0.138. The summed E-state index contributed by atoms with van der Waals surface area (Å²) in [5.41, 5.74) is 6.31. The maximum atomic E-state index is 11.1. The first-order chi connectivity index (χ1) is 7.61. The summed E-state index contributed by atoms with van der Waals surface area (Å²) in [7, 11) is 0. The predicted octanol–water partition coefficient (Wildman–Crippen LogP) is 2.27. The molecule has 16 heavy (non-hydrogen) atoms. The average Bonchev–Trinajstić information content (AvgIpc) is 2.58. The van der Waals surface area contributed by atoms with Gasteiger partial charge in [-0.3, -0.25) is 4.79 Å². The third-order valence-electron chi connectivity index (χ3n) is 2.20. The number of carboxylic acid groups (broad SMARTS) is 1. The number of rotatable bonds is 5. The first kappa shape index (κ1) is 12.4. The number of thiophene rings is 1. The number of hydrogen-bond donors (Lipinski definition) is 2. The summed E-state index contributed by atoms with van der Waals surface area (Å²) >= 11 is 1.21. The number of carboxylic acids is 1. The van der Waals surface area contributed by atoms with Crippen molar-refractivity contribution in [2.75, 3.05) is 5.73 Å². The van der Waals surface area contributed by atoms with E-state index in [0.717, 1.165) is 6.42 Å². The standard InChI is InChI=1S/C10H12N2O3S/c1-2-3-6(10(14)15)9-8(11)7(4-16-9)12-5-13/h4,6H,2-3,11H2,1H3,(H,14,15). The molecule has 0 amide bonds. The van der Waals surface area contributed by atoms with Crippen LogP contribution in [0.15, 0.2) is 10.4 Å². The highest BCUT2D eigenvalue weighted by Crippen LogP contribution is 2.39. The third-order valence-corrected chi connectivity index (χ3v) is 3.30. The Morgan fingerprint density at radius 1 is 1.75 bits per heavy atom. The molecule has 1 atom stereocenters. The van der Waals surface area contributed by atoms with Crippen LogP contribution in [0.1, 0.15) is 30.6 Å². The van der Waals surface area contributed by atoms with Crippen molar-refractivity contribution in [1.29, 1.82) is 0 Å². The minimum atomic E-state index is -0.906. The molecule has 0 aliphatic rings. The summed E-state index contributed by atoms with van der Waals surface area (Å²) < 4.78 is 0. The molecule has 1 rings (SSSR count). The van der Waals surface area contributed by atoms with Crippen LogP contribution < -0.4 is 5.73 Å². The van der Waals surface area contributed by atoms with Crippen molar-refractivity contribution in [2.24, 2.45) is 4.99 Å². The van der Waals surface area contributed by atoms with E-state index in [0.29, 0.717) is 17.0 Å². The fraction of sp³-hybridized carbons (Fsp3) is 0.400. The van der Waals surface area contributed by atoms with Gasteiger partial charge in [-0.05, 0) is 6.42 Å². The molecule has 0 aromatic carbocycles. The van der Waals surface area contributed by atoms with Gasteiger partial charge in [-0.2, -0.15) is 4.99 Å². The Kier molecular flexibility index (Phi) is 4.22. The average molecular weight is 240 g/mol. The van der Waals surface area contributed by atoms with Crippen LogP contribution in [0, 0.1) is 0 Å². The van der Waals surface area contributed by atoms with Gasteiger partial charge in [0.05, 0.1) is 11.6 Å². The van der Waals surface area contributed by atoms with Crippen LogP contribution in [-0.4, -0.2) is 17.2 Å². The van der Waals surface area contributed by atoms with Gasteiger partial charge in [-0.15, -0.1) is 11.3 Å². The Morgan fingerprint density at radius 2 is 2.44 bits per heavy atom. The van der Waals surface area contributed by atoms with Gasteiger partial charge in [-0.1, -0.05) is 13.3 Å². The summed E-state index contributed by atoms with van der Waals surface area (Å²) in [6, 6.07) is 0. The Morgan fingerprint density at radius 3 is 2.94 bits per heavy atom. The second-order valence-electron chi connectivity index (χ2n) is 3.28. The topological polar surface area (TPSA) is 92.7 Å². The first-order valence-electron chi connectivity index (χ1n) is 4.79. The van der Waals surface area contributed by atoms with Gasteiger partial charge < -0.3 is 10.8 Å². The summed E-state index contributed by atoms with van der Waals surface area (Å²) in [4.78, 5) is 25.1. The Hall–Kier alpha value is -1.65. The van der Waals surface area contributed by atoms with Crippen molar-refractivity contribution >= 4 is 34.8 Å². The fourth-order valence-electron chi connectivity index (χ4n) is 1.43. The van der Waals surface area contributed by atoms with Gasteiger partial charge in [0.15, 0.2) is 0 Å². The third kappa shape index (κ3) is 2.48. The van der Waals surface area contributed by atoms with Crippen molar-refractivity contribution in [3.63, 3.8) is 0 Å². The number of hydrogen-bond acceptors (Lipinski definition) is 5. The normalized spacial score (nSPS) is 11.8. The maximum Gasteiger partial charge on any atom is 0.311 e. The molecule has 0 bridgehead atoms. The Balaban J connectivity index is 3.10. The van der Waals surface area contributed by atoms with Crippen LogP contribution in [0.4, 0.5) is 11.4 Å². The Labute approximate surface area is 96.6 Å². The number of anilines is 1. The van der Waals surface area contributed by atoms with E-state index in [1.807, 2.05) is 6.92 Å². The molecule has 0 saturated heterocycles. The molecule has 3 N–H and O–H groups in total. The summed E-state index contributed by atoms with van der Waals surface area (Å²) in [5, 5.41) is 10.6. The van der Waals surface area contributed by atoms with Gasteiger partial charge in [-0.25, -0.2) is 4.79 Å². The van der Waals surface area contributed by atoms with E-state index in [-0.39, 0.29) is 5.69 Å². The molecule has 0 spiro atoms. The maximum absolute atomic E-state index is 11.1. The number of isocyanates is 1. The zero-order valence-electron chi connectivity index (χ0n) is 8.77. The second kappa shape index (κ2) is 5.44. The molecule has 1 unspecified atom stereocenters. The quantitative estimate of drug-likeness (QED) is 0.609. The molecular formula is C10H12N2O3S. The van der Waals surface area contributed by atoms with E-state index in [4.69, 9.17) is 10.8 Å². The lowest BCUT2D eigenvalue weighted by atomic mass is 10.0. The van der Waals surface area contributed by atoms with Crippen molar-refractivity contribution in [1.82, 2.24) is 0 Å². The van der Waals surface area contributed by atoms with Crippen molar-refractivity contribution in [3.05, 3.63) is 10.3 Å². The van der Waals surface area contributed by atoms with Crippen LogP contribution in [0.3, 0.4) is 0 Å². The second-order valence-corrected chi connectivity index (χ2v) is 4.19. The lowest BCUT2D eigenvalue weighted by Crippen LogP contribution is -2.11. The first-order valence-corrected chi connectivity index (χ1v) is 5.67. The number of nitrogens with zero attached hydrogens (tertiary/aromatic N) is 1. The number of aliphatic imine (C=N–C) groups is 1. The molecule has 1 aromatic heterocycles. The van der Waals surface area contributed by atoms with Gasteiger partial charge in [0.2, 0.25) is 6.08 Å². The molecule has 1 aromatic rings. The van der Waals surface area contributed by atoms with E-state index < -0.39 is 11.9 Å². The highest BCUT2D eigenvalue weighted by Gasteiger charge is 2.24. The molecule has 5 nitrogen and oxygen atoms in total. The van der Waals surface area contributed by atoms with Gasteiger partial charge >= 0.3 is 5.97 Å². The van der Waals surface area contributed by atoms with Crippen molar-refractivity contribution in [2.45, 2.75) is 25.7 Å². The van der Waals surface area contributed by atoms with Crippen molar-refractivity contribution < 1.29 is 14.7 Å². The molecule has 6 heteroatoms. The number of aliphatic carboxylic acids is 1. The zero-order valence-corrected chi connectivity index (χ0v) is 9.58. The molecule has 0 fully saturated rings. The lowest BCUT2D eigenvalue weighted by Gasteiger charge is -2.09. The zero-order chi connectivity index (χ0) is 12.1. The summed E-state index contributed by atoms with van der Waals surface area (Å²) in [6.07, 6.45) is 2.66. The molecule has 0 saturated carbocycles. The monoisotopic (exact) mass is 240 g/mol. The van der Waals surface area contributed by atoms with Gasteiger partial charge in [0.25, 0.3) is 0 Å². The largest absolute Gasteiger partial charge is 0.481 e. The molecule has 0 aliphatic carbocycles. The molecule has 86 valence electrons. The van der Waals surface area contributed by atoms with Crippen LogP contribution in [0.5, 0.6) is 0 Å². The van der Waals surface area contributed by atoms with Gasteiger partial charge in [0.1, 0.15) is 5.69 Å². The predicted molar refractivity (Wildman–Crippen MR) is 61.8 cm³/mol. The summed E-state index contributed by atoms with van der Waals surface area (Å²) in [5.74, 6) is -1.53. The van der Waals surface area contributed by atoms with Crippen LogP contribution in [0.25, 0.3) is 0 Å². The highest BCUT2D eigenvalue weighted by atomic mass is 32.1. The van der Waals surface area contributed by atoms with E-state index in [9.17, 15) is 9.59 Å². The summed E-state index contributed by atoms with van der Waals surface area (Å²) in [6.45, 7) is 1.91. The number of carbonyl (C=O) groups is 1. The smallest absolute Gasteiger partial charge is 0.311 e. The minimum Gasteiger partial charge on any atom is -0.481 e. The minimum absolute atomic E-state index is 0.272. The molecule has 0 radical (unpaired) electrons. The number of nitrogen functional groups attached to an aromatic ring is 1. The van der Waals surface area contributed by atoms with Crippen LogP contribution in [0.2, 0.25) is 0 Å². The molecular weight excluding hydrogens is 228 g/mol. The number of nitrogens with two attached hydrogens (primary N) is 1. The SMILES string of the molecule is CCCC(C(=O)O)c1scc(N=C=O)c1N. The van der Waals surface area contributed by atoms with E-state index in [2.05, 4.69) is 4.99 Å². The molecule has 1 heterocycles. The van der Waals surface area contributed by atoms with Gasteiger partial charge in [0, 0.05) is 10.3 Å². The molecule has 0 aliphatic heterocycles.